The standard InChI is InChI=1S/C18H24N4O/c23-18(17-8-16(20-21-17)11-3-5-19-6-4-11)22-9-14-12-1-2-13(7-12)15(14)10-22/h3-6,12-17,20-21H,1-2,7-10H2/t12-,13+,14-,15+,16?,17?. The molecule has 23 heavy (non-hydrogen) atoms. The molecule has 2 bridgehead atoms. The van der Waals surface area contributed by atoms with E-state index in [9.17, 15) is 4.79 Å². The molecule has 1 aromatic rings. The van der Waals surface area contributed by atoms with E-state index in [-0.39, 0.29) is 12.1 Å². The van der Waals surface area contributed by atoms with Gasteiger partial charge in [0.1, 0.15) is 6.04 Å². The van der Waals surface area contributed by atoms with Gasteiger partial charge in [0.2, 0.25) is 5.91 Å². The molecule has 2 aliphatic carbocycles. The minimum Gasteiger partial charge on any atom is -0.341 e. The number of carbonyl (C=O) groups is 1. The highest BCUT2D eigenvalue weighted by Crippen LogP contribution is 2.55. The van der Waals surface area contributed by atoms with E-state index in [1.807, 2.05) is 24.5 Å². The van der Waals surface area contributed by atoms with E-state index in [0.717, 1.165) is 43.2 Å². The van der Waals surface area contributed by atoms with Gasteiger partial charge < -0.3 is 4.90 Å². The number of rotatable bonds is 2. The second-order valence-corrected chi connectivity index (χ2v) is 7.81. The number of hydrogen-bond acceptors (Lipinski definition) is 4. The average molecular weight is 312 g/mol. The largest absolute Gasteiger partial charge is 0.341 e. The lowest BCUT2D eigenvalue weighted by molar-refractivity contribution is -0.132. The predicted octanol–water partition coefficient (Wildman–Crippen LogP) is 1.49. The summed E-state index contributed by atoms with van der Waals surface area (Å²) in [5.41, 5.74) is 7.70. The van der Waals surface area contributed by atoms with Gasteiger partial charge in [0.25, 0.3) is 0 Å². The Hall–Kier alpha value is -1.46. The highest BCUT2D eigenvalue weighted by Gasteiger charge is 2.53. The second-order valence-electron chi connectivity index (χ2n) is 7.81. The van der Waals surface area contributed by atoms with Crippen LogP contribution in [0.15, 0.2) is 24.5 Å². The minimum atomic E-state index is -0.0929. The van der Waals surface area contributed by atoms with Crippen molar-refractivity contribution in [3.05, 3.63) is 30.1 Å². The van der Waals surface area contributed by atoms with E-state index < -0.39 is 0 Å². The maximum absolute atomic E-state index is 12.9. The number of fused-ring (bicyclic) bond motifs is 5. The van der Waals surface area contributed by atoms with Gasteiger partial charge in [0.05, 0.1) is 0 Å². The number of nitrogens with zero attached hydrogens (tertiary/aromatic N) is 2. The summed E-state index contributed by atoms with van der Waals surface area (Å²) < 4.78 is 0. The van der Waals surface area contributed by atoms with Gasteiger partial charge in [-0.15, -0.1) is 0 Å². The SMILES string of the molecule is O=C(C1CC(c2ccncc2)NN1)N1C[C@@H]2[C@@H]3CC[C@@H](C3)[C@@H]2C1. The van der Waals surface area contributed by atoms with Crippen LogP contribution < -0.4 is 10.9 Å². The lowest BCUT2D eigenvalue weighted by Crippen LogP contribution is -2.45. The maximum atomic E-state index is 12.9. The Bertz CT molecular complexity index is 588. The number of hydrazine groups is 1. The van der Waals surface area contributed by atoms with E-state index in [0.29, 0.717) is 5.91 Å². The normalized spacial score (nSPS) is 41.5. The molecule has 122 valence electrons. The fourth-order valence-corrected chi connectivity index (χ4v) is 5.61. The summed E-state index contributed by atoms with van der Waals surface area (Å²) >= 11 is 0. The van der Waals surface area contributed by atoms with Crippen molar-refractivity contribution < 1.29 is 4.79 Å². The fraction of sp³-hybridized carbons (Fsp3) is 0.667. The molecule has 4 fully saturated rings. The van der Waals surface area contributed by atoms with Crippen LogP contribution in [-0.2, 0) is 4.79 Å². The third kappa shape index (κ3) is 2.21. The number of likely N-dealkylation sites (tertiary alicyclic amines) is 1. The van der Waals surface area contributed by atoms with Crippen molar-refractivity contribution in [2.45, 2.75) is 37.8 Å². The monoisotopic (exact) mass is 312 g/mol. The van der Waals surface area contributed by atoms with Crippen LogP contribution >= 0.6 is 0 Å². The number of pyridine rings is 1. The maximum Gasteiger partial charge on any atom is 0.241 e. The zero-order valence-corrected chi connectivity index (χ0v) is 13.3. The molecular weight excluding hydrogens is 288 g/mol. The van der Waals surface area contributed by atoms with Crippen LogP contribution in [0.25, 0.3) is 0 Å². The molecule has 1 amide bonds. The van der Waals surface area contributed by atoms with E-state index in [1.165, 1.54) is 24.8 Å². The van der Waals surface area contributed by atoms with Crippen molar-refractivity contribution >= 4 is 5.91 Å². The Morgan fingerprint density at radius 3 is 2.43 bits per heavy atom. The summed E-state index contributed by atoms with van der Waals surface area (Å²) in [5.74, 6) is 3.69. The van der Waals surface area contributed by atoms with E-state index >= 15 is 0 Å². The van der Waals surface area contributed by atoms with Gasteiger partial charge in [0, 0.05) is 31.5 Å². The molecular formula is C18H24N4O. The van der Waals surface area contributed by atoms with Crippen LogP contribution in [0.4, 0.5) is 0 Å². The first-order chi connectivity index (χ1) is 11.3. The summed E-state index contributed by atoms with van der Waals surface area (Å²) in [4.78, 5) is 19.1. The predicted molar refractivity (Wildman–Crippen MR) is 86.0 cm³/mol. The molecule has 5 rings (SSSR count). The first kappa shape index (κ1) is 13.9. The van der Waals surface area contributed by atoms with Crippen LogP contribution in [-0.4, -0.2) is 34.9 Å². The Balaban J connectivity index is 1.24. The summed E-state index contributed by atoms with van der Waals surface area (Å²) in [7, 11) is 0. The van der Waals surface area contributed by atoms with E-state index in [4.69, 9.17) is 0 Å². The number of amides is 1. The van der Waals surface area contributed by atoms with Crippen LogP contribution in [0.5, 0.6) is 0 Å². The van der Waals surface area contributed by atoms with Gasteiger partial charge in [-0.3, -0.25) is 9.78 Å². The van der Waals surface area contributed by atoms with E-state index in [1.54, 1.807) is 0 Å². The van der Waals surface area contributed by atoms with Crippen LogP contribution in [0.2, 0.25) is 0 Å². The smallest absolute Gasteiger partial charge is 0.241 e. The average Bonchev–Trinajstić information content (AvgIpc) is 3.35. The Morgan fingerprint density at radius 1 is 1.04 bits per heavy atom. The van der Waals surface area contributed by atoms with Crippen LogP contribution in [0.3, 0.4) is 0 Å². The zero-order valence-electron chi connectivity index (χ0n) is 13.3. The van der Waals surface area contributed by atoms with Gasteiger partial charge in [-0.25, -0.2) is 10.9 Å². The van der Waals surface area contributed by atoms with E-state index in [2.05, 4.69) is 20.7 Å². The Labute approximate surface area is 136 Å². The molecule has 2 saturated carbocycles. The summed E-state index contributed by atoms with van der Waals surface area (Å²) in [6.45, 7) is 2.01. The highest BCUT2D eigenvalue weighted by molar-refractivity contribution is 5.82. The Morgan fingerprint density at radius 2 is 1.74 bits per heavy atom. The van der Waals surface area contributed by atoms with Crippen molar-refractivity contribution in [3.63, 3.8) is 0 Å². The van der Waals surface area contributed by atoms with Crippen molar-refractivity contribution in [2.24, 2.45) is 23.7 Å². The molecule has 2 unspecified atom stereocenters. The zero-order chi connectivity index (χ0) is 15.4. The molecule has 3 heterocycles. The number of carbonyl (C=O) groups excluding carboxylic acids is 1. The molecule has 0 radical (unpaired) electrons. The fourth-order valence-electron chi connectivity index (χ4n) is 5.61. The number of hydrogen-bond donors (Lipinski definition) is 2. The number of nitrogens with one attached hydrogen (secondary N) is 2. The van der Waals surface area contributed by atoms with Crippen molar-refractivity contribution in [1.82, 2.24) is 20.7 Å². The van der Waals surface area contributed by atoms with Crippen LogP contribution in [0.1, 0.15) is 37.3 Å². The molecule has 2 N–H and O–H groups in total. The topological polar surface area (TPSA) is 57.3 Å². The van der Waals surface area contributed by atoms with Crippen molar-refractivity contribution in [3.8, 4) is 0 Å². The van der Waals surface area contributed by atoms with Gasteiger partial charge in [-0.05, 0) is 67.1 Å². The summed E-state index contributed by atoms with van der Waals surface area (Å²) in [6.07, 6.45) is 8.68. The molecule has 4 aliphatic rings. The van der Waals surface area contributed by atoms with Gasteiger partial charge in [0.15, 0.2) is 0 Å². The molecule has 6 atom stereocenters. The second kappa shape index (κ2) is 5.28. The first-order valence-electron chi connectivity index (χ1n) is 8.99. The summed E-state index contributed by atoms with van der Waals surface area (Å²) in [6, 6.07) is 4.14. The van der Waals surface area contributed by atoms with Crippen molar-refractivity contribution in [1.29, 1.82) is 0 Å². The highest BCUT2D eigenvalue weighted by atomic mass is 16.2. The lowest BCUT2D eigenvalue weighted by Gasteiger charge is -2.22. The molecule has 2 saturated heterocycles. The summed E-state index contributed by atoms with van der Waals surface area (Å²) in [5, 5.41) is 0. The molecule has 0 aromatic carbocycles. The van der Waals surface area contributed by atoms with Gasteiger partial charge in [-0.2, -0.15) is 0 Å². The minimum absolute atomic E-state index is 0.0929. The molecule has 0 spiro atoms. The first-order valence-corrected chi connectivity index (χ1v) is 8.99. The molecule has 5 nitrogen and oxygen atoms in total. The third-order valence-electron chi connectivity index (χ3n) is 6.76. The number of aromatic nitrogens is 1. The third-order valence-corrected chi connectivity index (χ3v) is 6.76. The lowest BCUT2D eigenvalue weighted by atomic mass is 9.82. The van der Waals surface area contributed by atoms with Crippen LogP contribution in [0, 0.1) is 23.7 Å². The van der Waals surface area contributed by atoms with Crippen molar-refractivity contribution in [2.75, 3.05) is 13.1 Å². The quantitative estimate of drug-likeness (QED) is 0.869. The molecule has 5 heteroatoms. The molecule has 2 aliphatic heterocycles. The molecule has 1 aromatic heterocycles. The Kier molecular flexibility index (Phi) is 3.20. The van der Waals surface area contributed by atoms with Gasteiger partial charge in [-0.1, -0.05) is 0 Å². The van der Waals surface area contributed by atoms with Gasteiger partial charge >= 0.3 is 0 Å².